The van der Waals surface area contributed by atoms with Crippen molar-refractivity contribution < 1.29 is 24.2 Å². The van der Waals surface area contributed by atoms with Gasteiger partial charge in [0.05, 0.1) is 5.56 Å². The van der Waals surface area contributed by atoms with E-state index in [1.165, 1.54) is 18.2 Å². The molecule has 2 amide bonds. The number of alkyl carbamates (subject to hydrolysis) is 1. The average molecular weight is 584 g/mol. The number of benzene rings is 4. The molecular weight excluding hydrogens is 554 g/mol. The highest BCUT2D eigenvalue weighted by Gasteiger charge is 2.30. The van der Waals surface area contributed by atoms with Crippen molar-refractivity contribution in [2.24, 2.45) is 0 Å². The highest BCUT2D eigenvalue weighted by Crippen LogP contribution is 2.44. The van der Waals surface area contributed by atoms with E-state index in [-0.39, 0.29) is 35.3 Å². The number of nitrogens with one attached hydrogen (secondary N) is 2. The van der Waals surface area contributed by atoms with E-state index in [0.29, 0.717) is 6.54 Å². The molecule has 1 unspecified atom stereocenters. The van der Waals surface area contributed by atoms with Crippen molar-refractivity contribution in [1.82, 2.24) is 10.2 Å². The van der Waals surface area contributed by atoms with Gasteiger partial charge >= 0.3 is 12.1 Å². The number of carbonyl (C=O) groups is 3. The van der Waals surface area contributed by atoms with Gasteiger partial charge in [-0.25, -0.2) is 9.59 Å². The van der Waals surface area contributed by atoms with Crippen molar-refractivity contribution in [2.45, 2.75) is 18.5 Å². The van der Waals surface area contributed by atoms with Crippen LogP contribution in [0.4, 0.5) is 10.5 Å². The first-order valence-corrected chi connectivity index (χ1v) is 13.8. The second-order valence-corrected chi connectivity index (χ2v) is 10.7. The van der Waals surface area contributed by atoms with Crippen LogP contribution in [0.2, 0.25) is 5.02 Å². The molecule has 0 bridgehead atoms. The number of ether oxygens (including phenoxy) is 1. The molecule has 9 heteroatoms. The molecule has 4 aromatic carbocycles. The summed E-state index contributed by atoms with van der Waals surface area (Å²) in [5.41, 5.74) is 5.57. The van der Waals surface area contributed by atoms with Gasteiger partial charge in [-0.05, 0) is 53.1 Å². The number of carboxylic acids is 1. The van der Waals surface area contributed by atoms with Gasteiger partial charge < -0.3 is 20.5 Å². The third-order valence-corrected chi connectivity index (χ3v) is 7.37. The molecule has 0 fully saturated rings. The maximum absolute atomic E-state index is 13.4. The van der Waals surface area contributed by atoms with Gasteiger partial charge in [0.15, 0.2) is 0 Å². The largest absolute Gasteiger partial charge is 0.478 e. The molecule has 214 valence electrons. The Labute approximate surface area is 248 Å². The Morgan fingerprint density at radius 3 is 2.17 bits per heavy atom. The summed E-state index contributed by atoms with van der Waals surface area (Å²) >= 11 is 6.08. The van der Waals surface area contributed by atoms with Gasteiger partial charge in [0, 0.05) is 29.7 Å². The topological polar surface area (TPSA) is 108 Å². The molecule has 0 spiro atoms. The van der Waals surface area contributed by atoms with E-state index in [0.717, 1.165) is 27.8 Å². The number of carbonyl (C=O) groups excluding carboxylic acids is 2. The third kappa shape index (κ3) is 6.79. The minimum Gasteiger partial charge on any atom is -0.478 e. The zero-order chi connectivity index (χ0) is 29.6. The fourth-order valence-corrected chi connectivity index (χ4v) is 5.50. The summed E-state index contributed by atoms with van der Waals surface area (Å²) in [4.78, 5) is 39.9. The SMILES string of the molecule is CN(Cc1ccccc1)CC(NC(=O)OCC1c2ccccc2-c2ccccc21)C(=O)Nc1cc(Cl)cc(C(=O)O)c1. The molecule has 1 aliphatic carbocycles. The van der Waals surface area contributed by atoms with Crippen LogP contribution >= 0.6 is 11.6 Å². The number of nitrogens with zero attached hydrogens (tertiary/aromatic N) is 1. The number of hydrogen-bond donors (Lipinski definition) is 3. The zero-order valence-electron chi connectivity index (χ0n) is 22.9. The molecular formula is C33H30ClN3O5. The summed E-state index contributed by atoms with van der Waals surface area (Å²) in [6.07, 6.45) is -0.734. The van der Waals surface area contributed by atoms with Crippen LogP contribution in [-0.2, 0) is 16.1 Å². The molecule has 0 radical (unpaired) electrons. The van der Waals surface area contributed by atoms with Crippen molar-refractivity contribution in [2.75, 3.05) is 25.5 Å². The summed E-state index contributed by atoms with van der Waals surface area (Å²) in [6.45, 7) is 0.804. The minimum atomic E-state index is -1.18. The van der Waals surface area contributed by atoms with Crippen LogP contribution in [0.1, 0.15) is 33.0 Å². The van der Waals surface area contributed by atoms with Crippen LogP contribution in [0, 0.1) is 0 Å². The maximum atomic E-state index is 13.4. The third-order valence-electron chi connectivity index (χ3n) is 7.15. The Balaban J connectivity index is 1.30. The molecule has 0 heterocycles. The molecule has 8 nitrogen and oxygen atoms in total. The summed E-state index contributed by atoms with van der Waals surface area (Å²) in [6, 6.07) is 28.9. The van der Waals surface area contributed by atoms with E-state index in [4.69, 9.17) is 16.3 Å². The summed E-state index contributed by atoms with van der Waals surface area (Å²) < 4.78 is 5.69. The second kappa shape index (κ2) is 12.9. The average Bonchev–Trinajstić information content (AvgIpc) is 3.29. The van der Waals surface area contributed by atoms with Crippen molar-refractivity contribution in [1.29, 1.82) is 0 Å². The van der Waals surface area contributed by atoms with Gasteiger partial charge in [-0.15, -0.1) is 0 Å². The molecule has 4 aromatic rings. The van der Waals surface area contributed by atoms with Gasteiger partial charge in [-0.2, -0.15) is 0 Å². The lowest BCUT2D eigenvalue weighted by molar-refractivity contribution is -0.118. The summed E-state index contributed by atoms with van der Waals surface area (Å²) in [5.74, 6) is -1.84. The summed E-state index contributed by atoms with van der Waals surface area (Å²) in [7, 11) is 1.84. The van der Waals surface area contributed by atoms with Crippen LogP contribution in [0.3, 0.4) is 0 Å². The first-order chi connectivity index (χ1) is 20.3. The van der Waals surface area contributed by atoms with Gasteiger partial charge in [-0.1, -0.05) is 90.5 Å². The second-order valence-electron chi connectivity index (χ2n) is 10.2. The molecule has 1 aliphatic rings. The van der Waals surface area contributed by atoms with Crippen LogP contribution in [-0.4, -0.2) is 54.2 Å². The lowest BCUT2D eigenvalue weighted by atomic mass is 9.98. The number of halogens is 1. The standard InChI is InChI=1S/C33H30ClN3O5/c1-37(18-21-9-3-2-4-10-21)19-30(31(38)35-24-16-22(32(39)40)15-23(34)17-24)36-33(41)42-20-29-27-13-7-5-11-25(27)26-12-6-8-14-28(26)29/h2-17,29-30H,18-20H2,1H3,(H,35,38)(H,36,41)(H,39,40). The number of rotatable bonds is 10. The number of fused-ring (bicyclic) bond motifs is 3. The predicted molar refractivity (Wildman–Crippen MR) is 162 cm³/mol. The van der Waals surface area contributed by atoms with Gasteiger partial charge in [0.2, 0.25) is 5.91 Å². The lowest BCUT2D eigenvalue weighted by Gasteiger charge is -2.25. The molecule has 1 atom stereocenters. The molecule has 0 saturated carbocycles. The van der Waals surface area contributed by atoms with Gasteiger partial charge in [0.25, 0.3) is 0 Å². The fraction of sp³-hybridized carbons (Fsp3) is 0.182. The van der Waals surface area contributed by atoms with Crippen LogP contribution in [0.5, 0.6) is 0 Å². The van der Waals surface area contributed by atoms with E-state index in [1.54, 1.807) is 0 Å². The Kier molecular flexibility index (Phi) is 8.85. The van der Waals surface area contributed by atoms with E-state index in [9.17, 15) is 19.5 Å². The Morgan fingerprint density at radius 1 is 0.905 bits per heavy atom. The normalized spacial score (nSPS) is 12.7. The van der Waals surface area contributed by atoms with E-state index >= 15 is 0 Å². The number of likely N-dealkylation sites (N-methyl/N-ethyl adjacent to an activating group) is 1. The smallest absolute Gasteiger partial charge is 0.407 e. The number of anilines is 1. The molecule has 0 aromatic heterocycles. The van der Waals surface area contributed by atoms with Crippen molar-refractivity contribution in [3.05, 3.63) is 124 Å². The van der Waals surface area contributed by atoms with Crippen LogP contribution in [0.25, 0.3) is 11.1 Å². The maximum Gasteiger partial charge on any atom is 0.407 e. The molecule has 5 rings (SSSR count). The Bertz CT molecular complexity index is 1570. The monoisotopic (exact) mass is 583 g/mol. The fourth-order valence-electron chi connectivity index (χ4n) is 5.26. The Morgan fingerprint density at radius 2 is 1.52 bits per heavy atom. The van der Waals surface area contributed by atoms with Crippen LogP contribution in [0.15, 0.2) is 97.1 Å². The highest BCUT2D eigenvalue weighted by molar-refractivity contribution is 6.31. The van der Waals surface area contributed by atoms with Crippen LogP contribution < -0.4 is 10.6 Å². The molecule has 0 saturated heterocycles. The van der Waals surface area contributed by atoms with Crippen molar-refractivity contribution >= 4 is 35.3 Å². The number of carboxylic acid groups (broad SMARTS) is 1. The van der Waals surface area contributed by atoms with E-state index in [1.807, 2.05) is 78.7 Å². The number of amides is 2. The van der Waals surface area contributed by atoms with E-state index < -0.39 is 24.0 Å². The Hall–Kier alpha value is -4.66. The zero-order valence-corrected chi connectivity index (χ0v) is 23.7. The number of hydrogen-bond acceptors (Lipinski definition) is 5. The minimum absolute atomic E-state index is 0.0694. The van der Waals surface area contributed by atoms with Crippen molar-refractivity contribution in [3.8, 4) is 11.1 Å². The number of aromatic carboxylic acids is 1. The van der Waals surface area contributed by atoms with Crippen molar-refractivity contribution in [3.63, 3.8) is 0 Å². The summed E-state index contributed by atoms with van der Waals surface area (Å²) in [5, 5.41) is 14.9. The first-order valence-electron chi connectivity index (χ1n) is 13.5. The predicted octanol–water partition coefficient (Wildman–Crippen LogP) is 6.02. The highest BCUT2D eigenvalue weighted by atomic mass is 35.5. The molecule has 42 heavy (non-hydrogen) atoms. The lowest BCUT2D eigenvalue weighted by Crippen LogP contribution is -2.50. The molecule has 0 aliphatic heterocycles. The van der Waals surface area contributed by atoms with Gasteiger partial charge in [0.1, 0.15) is 12.6 Å². The van der Waals surface area contributed by atoms with E-state index in [2.05, 4.69) is 22.8 Å². The first kappa shape index (κ1) is 28.9. The molecule has 3 N–H and O–H groups in total. The van der Waals surface area contributed by atoms with Gasteiger partial charge in [-0.3, -0.25) is 9.69 Å². The quantitative estimate of drug-likeness (QED) is 0.211.